The van der Waals surface area contributed by atoms with Gasteiger partial charge in [0.15, 0.2) is 5.78 Å². The van der Waals surface area contributed by atoms with Gasteiger partial charge in [0.1, 0.15) is 7.28 Å². The molecular formula is C22H24BN2O3. The van der Waals surface area contributed by atoms with Crippen molar-refractivity contribution in [2.45, 2.75) is 20.2 Å². The van der Waals surface area contributed by atoms with E-state index < -0.39 is 5.91 Å². The monoisotopic (exact) mass is 375 g/mol. The molecule has 5 nitrogen and oxygen atoms in total. The third kappa shape index (κ3) is 6.63. The first-order valence-corrected chi connectivity index (χ1v) is 9.19. The van der Waals surface area contributed by atoms with Crippen molar-refractivity contribution in [1.82, 2.24) is 5.48 Å². The number of carbonyl (C=O) groups excluding carboxylic acids is 2. The summed E-state index contributed by atoms with van der Waals surface area (Å²) < 4.78 is 0. The van der Waals surface area contributed by atoms with Crippen molar-refractivity contribution in [2.24, 2.45) is 10.9 Å². The van der Waals surface area contributed by atoms with Gasteiger partial charge in [-0.3, -0.25) is 19.8 Å². The standard InChI is InChI=1S/C22H24BN2O3/c1-16(13-14-24-15-18-5-10-20(23-2)11-6-18)22(27)19-8-3-17(4-9-19)7-12-21(26)25-28/h3-12,15-16,28H,13-14H2,1-2H3,(H,25,26)/b12-7+,24-15?/t16-/m0/s1. The molecule has 0 heterocycles. The molecule has 2 rings (SSSR count). The Labute approximate surface area is 166 Å². The molecule has 0 saturated heterocycles. The zero-order valence-corrected chi connectivity index (χ0v) is 16.1. The van der Waals surface area contributed by atoms with E-state index in [4.69, 9.17) is 5.21 Å². The number of carbonyl (C=O) groups is 2. The molecule has 0 aliphatic heterocycles. The maximum atomic E-state index is 12.5. The van der Waals surface area contributed by atoms with Crippen molar-refractivity contribution in [3.63, 3.8) is 0 Å². The van der Waals surface area contributed by atoms with Gasteiger partial charge < -0.3 is 0 Å². The predicted molar refractivity (Wildman–Crippen MR) is 114 cm³/mol. The van der Waals surface area contributed by atoms with E-state index in [2.05, 4.69) is 4.99 Å². The lowest BCUT2D eigenvalue weighted by Crippen LogP contribution is -2.14. The third-order valence-corrected chi connectivity index (χ3v) is 4.38. The molecule has 28 heavy (non-hydrogen) atoms. The van der Waals surface area contributed by atoms with Crippen LogP contribution in [0.5, 0.6) is 0 Å². The summed E-state index contributed by atoms with van der Waals surface area (Å²) in [5, 5.41) is 8.46. The minimum absolute atomic E-state index is 0.0710. The third-order valence-electron chi connectivity index (χ3n) is 4.38. The van der Waals surface area contributed by atoms with Crippen LogP contribution in [0.3, 0.4) is 0 Å². The van der Waals surface area contributed by atoms with Crippen LogP contribution in [-0.2, 0) is 4.79 Å². The topological polar surface area (TPSA) is 78.8 Å². The lowest BCUT2D eigenvalue weighted by atomic mass is 9.73. The van der Waals surface area contributed by atoms with E-state index in [0.29, 0.717) is 18.5 Å². The van der Waals surface area contributed by atoms with Gasteiger partial charge in [0.2, 0.25) is 0 Å². The number of rotatable bonds is 9. The fourth-order valence-electron chi connectivity index (χ4n) is 2.60. The molecule has 0 spiro atoms. The van der Waals surface area contributed by atoms with E-state index in [1.54, 1.807) is 30.3 Å². The molecule has 0 saturated carbocycles. The van der Waals surface area contributed by atoms with Gasteiger partial charge in [0.05, 0.1) is 0 Å². The molecule has 143 valence electrons. The molecule has 0 unspecified atom stereocenters. The summed E-state index contributed by atoms with van der Waals surface area (Å²) in [5.41, 5.74) is 5.15. The Morgan fingerprint density at radius 3 is 2.36 bits per heavy atom. The van der Waals surface area contributed by atoms with Gasteiger partial charge in [-0.1, -0.05) is 67.7 Å². The second-order valence-electron chi connectivity index (χ2n) is 6.48. The smallest absolute Gasteiger partial charge is 0.267 e. The molecule has 0 fully saturated rings. The molecule has 2 N–H and O–H groups in total. The number of hydrogen-bond donors (Lipinski definition) is 2. The molecule has 2 aromatic rings. The predicted octanol–water partition coefficient (Wildman–Crippen LogP) is 2.91. The number of ketones is 1. The zero-order chi connectivity index (χ0) is 20.4. The Hall–Kier alpha value is -2.99. The van der Waals surface area contributed by atoms with E-state index in [9.17, 15) is 9.59 Å². The summed E-state index contributed by atoms with van der Waals surface area (Å²) in [7, 11) is 2.04. The van der Waals surface area contributed by atoms with E-state index in [0.717, 1.165) is 11.1 Å². The second kappa shape index (κ2) is 11.0. The molecule has 0 aliphatic rings. The molecule has 0 aromatic heterocycles. The maximum Gasteiger partial charge on any atom is 0.267 e. The lowest BCUT2D eigenvalue weighted by molar-refractivity contribution is -0.124. The summed E-state index contributed by atoms with van der Waals surface area (Å²) in [5.74, 6) is -0.661. The first-order valence-electron chi connectivity index (χ1n) is 9.19. The average molecular weight is 375 g/mol. The van der Waals surface area contributed by atoms with Crippen LogP contribution in [0, 0.1) is 5.92 Å². The number of nitrogens with one attached hydrogen (secondary N) is 1. The Bertz CT molecular complexity index is 843. The second-order valence-corrected chi connectivity index (χ2v) is 6.48. The number of Topliss-reactive ketones (excluding diaryl/α,β-unsaturated/α-hetero) is 1. The molecule has 0 aliphatic carbocycles. The van der Waals surface area contributed by atoms with Crippen molar-refractivity contribution >= 4 is 36.7 Å². The molecule has 6 heteroatoms. The number of nitrogens with zero attached hydrogens (tertiary/aromatic N) is 1. The minimum Gasteiger partial charge on any atom is -0.294 e. The van der Waals surface area contributed by atoms with Gasteiger partial charge >= 0.3 is 0 Å². The van der Waals surface area contributed by atoms with Crippen LogP contribution >= 0.6 is 0 Å². The SMILES string of the molecule is C[B]c1ccc(C=NCC[C@H](C)C(=O)c2ccc(/C=C/C(=O)NO)cc2)cc1. The highest BCUT2D eigenvalue weighted by Crippen LogP contribution is 2.14. The number of hydrogen-bond acceptors (Lipinski definition) is 4. The summed E-state index contributed by atoms with van der Waals surface area (Å²) in [6.45, 7) is 4.50. The first-order chi connectivity index (χ1) is 13.5. The zero-order valence-electron chi connectivity index (χ0n) is 16.1. The van der Waals surface area contributed by atoms with Gasteiger partial charge in [0, 0.05) is 30.3 Å². The summed E-state index contributed by atoms with van der Waals surface area (Å²) in [6, 6.07) is 15.1. The Kier molecular flexibility index (Phi) is 8.37. The molecule has 1 amide bonds. The van der Waals surface area contributed by atoms with Crippen LogP contribution in [0.2, 0.25) is 6.82 Å². The average Bonchev–Trinajstić information content (AvgIpc) is 2.75. The summed E-state index contributed by atoms with van der Waals surface area (Å²) >= 11 is 0. The summed E-state index contributed by atoms with van der Waals surface area (Å²) in [4.78, 5) is 27.9. The first kappa shape index (κ1) is 21.3. The van der Waals surface area contributed by atoms with Crippen LogP contribution in [0.15, 0.2) is 59.6 Å². The number of benzene rings is 2. The Balaban J connectivity index is 1.85. The molecule has 1 atom stereocenters. The van der Waals surface area contributed by atoms with E-state index in [-0.39, 0.29) is 11.7 Å². The quantitative estimate of drug-likeness (QED) is 0.177. The van der Waals surface area contributed by atoms with Crippen LogP contribution in [0.25, 0.3) is 6.08 Å². The van der Waals surface area contributed by atoms with Crippen molar-refractivity contribution in [1.29, 1.82) is 0 Å². The highest BCUT2D eigenvalue weighted by molar-refractivity contribution is 6.51. The van der Waals surface area contributed by atoms with Gasteiger partial charge in [0.25, 0.3) is 5.91 Å². The Morgan fingerprint density at radius 2 is 1.75 bits per heavy atom. The fourth-order valence-corrected chi connectivity index (χ4v) is 2.60. The van der Waals surface area contributed by atoms with Crippen molar-refractivity contribution < 1.29 is 14.8 Å². The van der Waals surface area contributed by atoms with Gasteiger partial charge in [-0.25, -0.2) is 5.48 Å². The van der Waals surface area contributed by atoms with Crippen LogP contribution in [0.4, 0.5) is 0 Å². The largest absolute Gasteiger partial charge is 0.294 e. The molecule has 1 radical (unpaired) electrons. The fraction of sp³-hybridized carbons (Fsp3) is 0.227. The number of aliphatic imine (C=N–C) groups is 1. The molecule has 0 bridgehead atoms. The van der Waals surface area contributed by atoms with Crippen molar-refractivity contribution in [3.05, 3.63) is 71.3 Å². The van der Waals surface area contributed by atoms with Crippen molar-refractivity contribution in [2.75, 3.05) is 6.54 Å². The van der Waals surface area contributed by atoms with Crippen LogP contribution < -0.4 is 10.9 Å². The maximum absolute atomic E-state index is 12.5. The van der Waals surface area contributed by atoms with Gasteiger partial charge in [-0.2, -0.15) is 0 Å². The molecule has 2 aromatic carbocycles. The van der Waals surface area contributed by atoms with Gasteiger partial charge in [-0.15, -0.1) is 0 Å². The highest BCUT2D eigenvalue weighted by atomic mass is 16.5. The highest BCUT2D eigenvalue weighted by Gasteiger charge is 2.14. The van der Waals surface area contributed by atoms with Gasteiger partial charge in [-0.05, 0) is 23.6 Å². The minimum atomic E-state index is -0.603. The number of amides is 1. The van der Waals surface area contributed by atoms with E-state index >= 15 is 0 Å². The van der Waals surface area contributed by atoms with E-state index in [1.807, 2.05) is 51.5 Å². The molecular weight excluding hydrogens is 351 g/mol. The number of hydroxylamine groups is 1. The van der Waals surface area contributed by atoms with Crippen molar-refractivity contribution in [3.8, 4) is 0 Å². The summed E-state index contributed by atoms with van der Waals surface area (Å²) in [6.07, 6.45) is 5.28. The Morgan fingerprint density at radius 1 is 1.11 bits per heavy atom. The van der Waals surface area contributed by atoms with Crippen LogP contribution in [-0.4, -0.2) is 36.9 Å². The van der Waals surface area contributed by atoms with Crippen LogP contribution in [0.1, 0.15) is 34.8 Å². The normalized spacial score (nSPS) is 12.2. The lowest BCUT2D eigenvalue weighted by Gasteiger charge is -2.09. The van der Waals surface area contributed by atoms with E-state index in [1.165, 1.54) is 17.0 Å².